The lowest BCUT2D eigenvalue weighted by molar-refractivity contribution is -0.534. The van der Waals surface area contributed by atoms with Crippen molar-refractivity contribution < 1.29 is 19.2 Å². The molecule has 8 nitrogen and oxygen atoms in total. The standard InChI is InChI=1S/C26H23BrClN3O5/c1-30-13-18(24(31(33)34)26(30)19-5-3-4-6-21(19)29-25(26)32)16-11-20(27)23(22(12-16)35-2)36-14-15-7-9-17(28)10-8-15/h3-12,18,24H,13-14H2,1-2H3,(H,29,32)/t18-,24+,26+/m0/s1. The Morgan fingerprint density at radius 3 is 2.64 bits per heavy atom. The van der Waals surface area contributed by atoms with Crippen LogP contribution in [0.2, 0.25) is 5.02 Å². The van der Waals surface area contributed by atoms with Crippen molar-refractivity contribution in [3.05, 3.63) is 97.0 Å². The van der Waals surface area contributed by atoms with Gasteiger partial charge in [-0.3, -0.25) is 19.8 Å². The maximum atomic E-state index is 13.3. The highest BCUT2D eigenvalue weighted by atomic mass is 79.9. The van der Waals surface area contributed by atoms with Crippen LogP contribution in [-0.2, 0) is 16.9 Å². The summed E-state index contributed by atoms with van der Waals surface area (Å²) in [6, 6.07) is 16.8. The van der Waals surface area contributed by atoms with E-state index in [2.05, 4.69) is 21.2 Å². The second-order valence-electron chi connectivity index (χ2n) is 8.93. The summed E-state index contributed by atoms with van der Waals surface area (Å²) >= 11 is 9.53. The van der Waals surface area contributed by atoms with Crippen molar-refractivity contribution in [1.82, 2.24) is 4.90 Å². The van der Waals surface area contributed by atoms with Gasteiger partial charge in [0.25, 0.3) is 11.9 Å². The van der Waals surface area contributed by atoms with Crippen molar-refractivity contribution in [1.29, 1.82) is 0 Å². The molecule has 10 heteroatoms. The maximum Gasteiger partial charge on any atom is 0.256 e. The highest BCUT2D eigenvalue weighted by molar-refractivity contribution is 9.10. The molecular formula is C26H23BrClN3O5. The number of nitrogens with one attached hydrogen (secondary N) is 1. The number of amides is 1. The molecular weight excluding hydrogens is 550 g/mol. The number of halogens is 2. The first-order valence-corrected chi connectivity index (χ1v) is 12.4. The first kappa shape index (κ1) is 24.5. The van der Waals surface area contributed by atoms with Crippen molar-refractivity contribution >= 4 is 39.1 Å². The number of ether oxygens (including phenoxy) is 2. The van der Waals surface area contributed by atoms with E-state index in [0.717, 1.165) is 5.56 Å². The number of hydrogen-bond donors (Lipinski definition) is 1. The predicted molar refractivity (Wildman–Crippen MR) is 139 cm³/mol. The van der Waals surface area contributed by atoms with Crippen LogP contribution in [-0.4, -0.2) is 42.5 Å². The van der Waals surface area contributed by atoms with Gasteiger partial charge < -0.3 is 14.8 Å². The first-order valence-electron chi connectivity index (χ1n) is 11.3. The van der Waals surface area contributed by atoms with Crippen LogP contribution in [0.1, 0.15) is 22.6 Å². The van der Waals surface area contributed by atoms with E-state index in [1.54, 1.807) is 54.4 Å². The average molecular weight is 573 g/mol. The van der Waals surface area contributed by atoms with E-state index < -0.39 is 17.5 Å². The van der Waals surface area contributed by atoms with E-state index in [4.69, 9.17) is 21.1 Å². The molecule has 0 unspecified atom stereocenters. The van der Waals surface area contributed by atoms with Crippen LogP contribution >= 0.6 is 27.5 Å². The molecule has 3 aromatic carbocycles. The van der Waals surface area contributed by atoms with Crippen molar-refractivity contribution in [2.45, 2.75) is 24.1 Å². The van der Waals surface area contributed by atoms with Crippen LogP contribution in [0.25, 0.3) is 0 Å². The largest absolute Gasteiger partial charge is 0.493 e. The van der Waals surface area contributed by atoms with Gasteiger partial charge in [-0.2, -0.15) is 0 Å². The maximum absolute atomic E-state index is 13.3. The van der Waals surface area contributed by atoms with Crippen LogP contribution in [0.4, 0.5) is 5.69 Å². The van der Waals surface area contributed by atoms with Gasteiger partial charge in [-0.05, 0) is 64.4 Å². The number of likely N-dealkylation sites (N-methyl/N-ethyl adjacent to an activating group) is 1. The second kappa shape index (κ2) is 9.38. The molecule has 0 aliphatic carbocycles. The van der Waals surface area contributed by atoms with Crippen LogP contribution < -0.4 is 14.8 Å². The average Bonchev–Trinajstić information content (AvgIpc) is 3.33. The lowest BCUT2D eigenvalue weighted by atomic mass is 9.79. The summed E-state index contributed by atoms with van der Waals surface area (Å²) in [6.07, 6.45) is 0. The highest BCUT2D eigenvalue weighted by Crippen LogP contribution is 2.53. The summed E-state index contributed by atoms with van der Waals surface area (Å²) in [4.78, 5) is 27.3. The monoisotopic (exact) mass is 571 g/mol. The number of carbonyl (C=O) groups is 1. The number of nitro groups is 1. The molecule has 186 valence electrons. The molecule has 1 spiro atoms. The van der Waals surface area contributed by atoms with Gasteiger partial charge in [-0.25, -0.2) is 0 Å². The fourth-order valence-electron chi connectivity index (χ4n) is 5.41. The molecule has 0 bridgehead atoms. The molecule has 0 aromatic heterocycles. The Hall–Kier alpha value is -3.14. The highest BCUT2D eigenvalue weighted by Gasteiger charge is 2.68. The number of rotatable bonds is 6. The molecule has 1 saturated heterocycles. The number of carbonyl (C=O) groups excluding carboxylic acids is 1. The molecule has 3 atom stereocenters. The molecule has 36 heavy (non-hydrogen) atoms. The number of benzene rings is 3. The smallest absolute Gasteiger partial charge is 0.256 e. The fraction of sp³-hybridized carbons (Fsp3) is 0.269. The van der Waals surface area contributed by atoms with Crippen molar-refractivity contribution in [2.24, 2.45) is 0 Å². The molecule has 2 aliphatic rings. The molecule has 5 rings (SSSR count). The summed E-state index contributed by atoms with van der Waals surface area (Å²) in [7, 11) is 3.28. The Kier molecular flexibility index (Phi) is 6.40. The summed E-state index contributed by atoms with van der Waals surface area (Å²) in [6.45, 7) is 0.600. The molecule has 2 aliphatic heterocycles. The number of para-hydroxylation sites is 1. The predicted octanol–water partition coefficient (Wildman–Crippen LogP) is 5.21. The molecule has 1 fully saturated rings. The van der Waals surface area contributed by atoms with Gasteiger partial charge in [0.15, 0.2) is 17.0 Å². The normalized spacial score (nSPS) is 22.9. The van der Waals surface area contributed by atoms with Gasteiger partial charge in [0.05, 0.1) is 17.5 Å². The van der Waals surface area contributed by atoms with Gasteiger partial charge in [-0.15, -0.1) is 0 Å². The van der Waals surface area contributed by atoms with E-state index in [-0.39, 0.29) is 17.4 Å². The number of hydrogen-bond acceptors (Lipinski definition) is 6. The van der Waals surface area contributed by atoms with Gasteiger partial charge in [0, 0.05) is 27.7 Å². The third-order valence-corrected chi connectivity index (χ3v) is 7.86. The summed E-state index contributed by atoms with van der Waals surface area (Å²) in [5.74, 6) is -0.0315. The fourth-order valence-corrected chi connectivity index (χ4v) is 6.11. The second-order valence-corrected chi connectivity index (χ2v) is 10.2. The number of fused-ring (bicyclic) bond motifs is 2. The molecule has 0 saturated carbocycles. The van der Waals surface area contributed by atoms with Crippen molar-refractivity contribution in [3.8, 4) is 11.5 Å². The topological polar surface area (TPSA) is 93.9 Å². The van der Waals surface area contributed by atoms with E-state index in [1.807, 2.05) is 18.2 Å². The third kappa shape index (κ3) is 3.82. The SMILES string of the molecule is COc1cc([C@@H]2CN(C)[C@@]3(C(=O)Nc4ccccc43)[C@@H]2[N+](=O)[O-])cc(Br)c1OCc1ccc(Cl)cc1. The van der Waals surface area contributed by atoms with E-state index in [0.29, 0.717) is 44.4 Å². The number of methoxy groups -OCH3 is 1. The van der Waals surface area contributed by atoms with Crippen molar-refractivity contribution in [2.75, 3.05) is 26.0 Å². The van der Waals surface area contributed by atoms with Gasteiger partial charge >= 0.3 is 0 Å². The number of likely N-dealkylation sites (tertiary alicyclic amines) is 1. The van der Waals surface area contributed by atoms with E-state index >= 15 is 0 Å². The zero-order valence-electron chi connectivity index (χ0n) is 19.5. The quantitative estimate of drug-likeness (QED) is 0.322. The van der Waals surface area contributed by atoms with Gasteiger partial charge in [0.1, 0.15) is 6.61 Å². The Morgan fingerprint density at radius 1 is 1.22 bits per heavy atom. The van der Waals surface area contributed by atoms with Gasteiger partial charge in [-0.1, -0.05) is 41.9 Å². The molecule has 1 amide bonds. The van der Waals surface area contributed by atoms with Crippen LogP contribution in [0.5, 0.6) is 11.5 Å². The Morgan fingerprint density at radius 2 is 1.94 bits per heavy atom. The molecule has 0 radical (unpaired) electrons. The third-order valence-electron chi connectivity index (χ3n) is 7.02. The minimum absolute atomic E-state index is 0.287. The molecule has 3 aromatic rings. The lowest BCUT2D eigenvalue weighted by Crippen LogP contribution is -2.54. The minimum Gasteiger partial charge on any atom is -0.493 e. The van der Waals surface area contributed by atoms with E-state index in [9.17, 15) is 14.9 Å². The van der Waals surface area contributed by atoms with Crippen LogP contribution in [0.3, 0.4) is 0 Å². The zero-order chi connectivity index (χ0) is 25.6. The number of anilines is 1. The lowest BCUT2D eigenvalue weighted by Gasteiger charge is -2.30. The Bertz CT molecular complexity index is 1350. The minimum atomic E-state index is -1.41. The number of nitrogens with zero attached hydrogens (tertiary/aromatic N) is 2. The first-order chi connectivity index (χ1) is 17.3. The van der Waals surface area contributed by atoms with E-state index in [1.165, 1.54) is 7.11 Å². The van der Waals surface area contributed by atoms with Gasteiger partial charge in [0.2, 0.25) is 0 Å². The van der Waals surface area contributed by atoms with Crippen LogP contribution in [0.15, 0.2) is 65.1 Å². The summed E-state index contributed by atoms with van der Waals surface area (Å²) < 4.78 is 12.2. The van der Waals surface area contributed by atoms with Crippen LogP contribution in [0, 0.1) is 10.1 Å². The summed E-state index contributed by atoms with van der Waals surface area (Å²) in [5, 5.41) is 16.0. The summed E-state index contributed by atoms with van der Waals surface area (Å²) in [5.41, 5.74) is 1.42. The Labute approximate surface area is 221 Å². The molecule has 1 N–H and O–H groups in total. The Balaban J connectivity index is 1.52. The zero-order valence-corrected chi connectivity index (χ0v) is 21.9. The van der Waals surface area contributed by atoms with Crippen molar-refractivity contribution in [3.63, 3.8) is 0 Å². The molecule has 2 heterocycles.